The van der Waals surface area contributed by atoms with E-state index in [2.05, 4.69) is 10.6 Å². The molecule has 0 fully saturated rings. The largest absolute Gasteiger partial charge is 0.497 e. The van der Waals surface area contributed by atoms with E-state index >= 15 is 0 Å². The molecule has 0 aliphatic carbocycles. The molecule has 4 rings (SSSR count). The molecular formula is C27H28N2O4S. The first-order valence-electron chi connectivity index (χ1n) is 11.0. The smallest absolute Gasteiger partial charge is 0.268 e. The van der Waals surface area contributed by atoms with Crippen molar-refractivity contribution in [1.82, 2.24) is 10.6 Å². The van der Waals surface area contributed by atoms with Gasteiger partial charge in [0.1, 0.15) is 22.8 Å². The van der Waals surface area contributed by atoms with Crippen molar-refractivity contribution in [2.75, 3.05) is 7.11 Å². The zero-order valence-corrected chi connectivity index (χ0v) is 20.5. The van der Waals surface area contributed by atoms with Crippen molar-refractivity contribution in [3.63, 3.8) is 0 Å². The van der Waals surface area contributed by atoms with Gasteiger partial charge in [0.25, 0.3) is 11.8 Å². The van der Waals surface area contributed by atoms with Gasteiger partial charge in [0, 0.05) is 22.4 Å². The van der Waals surface area contributed by atoms with E-state index in [1.165, 1.54) is 11.3 Å². The van der Waals surface area contributed by atoms with Crippen LogP contribution in [0.1, 0.15) is 52.7 Å². The van der Waals surface area contributed by atoms with Crippen LogP contribution in [-0.2, 0) is 4.79 Å². The van der Waals surface area contributed by atoms with Crippen molar-refractivity contribution in [2.45, 2.75) is 38.8 Å². The van der Waals surface area contributed by atoms with Crippen molar-refractivity contribution >= 4 is 29.2 Å². The van der Waals surface area contributed by atoms with Gasteiger partial charge in [-0.1, -0.05) is 18.2 Å². The predicted molar refractivity (Wildman–Crippen MR) is 134 cm³/mol. The predicted octanol–water partition coefficient (Wildman–Crippen LogP) is 5.25. The third-order valence-electron chi connectivity index (χ3n) is 5.61. The topological polar surface area (TPSA) is 76.7 Å². The standard InChI is InChI=1S/C27H28N2O4S/c1-17-7-12-21-23(16-27(2,3)33-24(21)14-17)29-26(31)22(15-20-6-5-13-34-20)28-25(30)18-8-10-19(32-4)11-9-18/h5-15,23H,16H2,1-4H3,(H,28,30)(H,29,31)/b22-15-/t23-/m1/s1. The Labute approximate surface area is 203 Å². The number of hydrogen-bond acceptors (Lipinski definition) is 5. The maximum absolute atomic E-state index is 13.4. The second-order valence-electron chi connectivity index (χ2n) is 8.89. The SMILES string of the molecule is COc1ccc(C(=O)N/C(=C\c2cccs2)C(=O)N[C@@H]2CC(C)(C)Oc3cc(C)ccc32)cc1. The quantitative estimate of drug-likeness (QED) is 0.476. The second kappa shape index (κ2) is 9.73. The lowest BCUT2D eigenvalue weighted by molar-refractivity contribution is -0.119. The Balaban J connectivity index is 1.60. The minimum absolute atomic E-state index is 0.182. The van der Waals surface area contributed by atoms with Gasteiger partial charge in [0.15, 0.2) is 0 Å². The molecule has 0 saturated carbocycles. The number of rotatable bonds is 6. The van der Waals surface area contributed by atoms with E-state index in [0.29, 0.717) is 17.7 Å². The van der Waals surface area contributed by atoms with Crippen LogP contribution in [0.15, 0.2) is 65.7 Å². The molecule has 2 heterocycles. The monoisotopic (exact) mass is 476 g/mol. The van der Waals surface area contributed by atoms with Gasteiger partial charge >= 0.3 is 0 Å². The molecule has 0 unspecified atom stereocenters. The number of thiophene rings is 1. The zero-order valence-electron chi connectivity index (χ0n) is 19.7. The van der Waals surface area contributed by atoms with Gasteiger partial charge in [-0.05, 0) is 74.2 Å². The number of fused-ring (bicyclic) bond motifs is 1. The molecule has 7 heteroatoms. The van der Waals surface area contributed by atoms with Gasteiger partial charge in [-0.25, -0.2) is 0 Å². The molecule has 1 aliphatic heterocycles. The molecule has 0 radical (unpaired) electrons. The molecule has 2 amide bonds. The van der Waals surface area contributed by atoms with Gasteiger partial charge in [0.05, 0.1) is 13.2 Å². The number of nitrogens with one attached hydrogen (secondary N) is 2. The highest BCUT2D eigenvalue weighted by Crippen LogP contribution is 2.40. The van der Waals surface area contributed by atoms with E-state index in [9.17, 15) is 9.59 Å². The molecule has 2 N–H and O–H groups in total. The van der Waals surface area contributed by atoms with Crippen LogP contribution in [0.25, 0.3) is 6.08 Å². The Morgan fingerprint density at radius 2 is 1.91 bits per heavy atom. The fourth-order valence-corrected chi connectivity index (χ4v) is 4.59. The lowest BCUT2D eigenvalue weighted by atomic mass is 9.89. The Morgan fingerprint density at radius 3 is 2.59 bits per heavy atom. The molecule has 0 bridgehead atoms. The van der Waals surface area contributed by atoms with Crippen LogP contribution >= 0.6 is 11.3 Å². The average Bonchev–Trinajstić information content (AvgIpc) is 3.30. The Kier molecular flexibility index (Phi) is 6.75. The Bertz CT molecular complexity index is 1210. The van der Waals surface area contributed by atoms with E-state index in [1.54, 1.807) is 37.5 Å². The van der Waals surface area contributed by atoms with Crippen LogP contribution in [0.3, 0.4) is 0 Å². The number of benzene rings is 2. The summed E-state index contributed by atoms with van der Waals surface area (Å²) in [7, 11) is 1.57. The summed E-state index contributed by atoms with van der Waals surface area (Å²) < 4.78 is 11.3. The van der Waals surface area contributed by atoms with Crippen molar-refractivity contribution in [3.05, 3.63) is 87.2 Å². The number of carbonyl (C=O) groups excluding carboxylic acids is 2. The average molecular weight is 477 g/mol. The first-order chi connectivity index (χ1) is 16.2. The van der Waals surface area contributed by atoms with E-state index in [1.807, 2.05) is 56.5 Å². The maximum Gasteiger partial charge on any atom is 0.268 e. The van der Waals surface area contributed by atoms with E-state index in [4.69, 9.17) is 9.47 Å². The molecule has 34 heavy (non-hydrogen) atoms. The number of ether oxygens (including phenoxy) is 2. The summed E-state index contributed by atoms with van der Waals surface area (Å²) in [6.45, 7) is 6.02. The van der Waals surface area contributed by atoms with E-state index < -0.39 is 5.60 Å². The van der Waals surface area contributed by atoms with E-state index in [0.717, 1.165) is 21.8 Å². The van der Waals surface area contributed by atoms with Gasteiger partial charge in [0.2, 0.25) is 0 Å². The molecule has 1 atom stereocenters. The minimum atomic E-state index is -0.442. The highest BCUT2D eigenvalue weighted by molar-refractivity contribution is 7.10. The fourth-order valence-electron chi connectivity index (χ4n) is 3.93. The molecule has 1 aromatic heterocycles. The van der Waals surface area contributed by atoms with Gasteiger partial charge < -0.3 is 20.1 Å². The van der Waals surface area contributed by atoms with Crippen LogP contribution in [0.2, 0.25) is 0 Å². The molecule has 0 saturated heterocycles. The molecule has 2 aromatic carbocycles. The summed E-state index contributed by atoms with van der Waals surface area (Å²) >= 11 is 1.49. The number of carbonyl (C=O) groups is 2. The lowest BCUT2D eigenvalue weighted by Crippen LogP contribution is -2.43. The Morgan fingerprint density at radius 1 is 1.15 bits per heavy atom. The molecule has 176 valence electrons. The highest BCUT2D eigenvalue weighted by atomic mass is 32.1. The first kappa shape index (κ1) is 23.6. The summed E-state index contributed by atoms with van der Waals surface area (Å²) in [6, 6.07) is 16.3. The van der Waals surface area contributed by atoms with Crippen LogP contribution in [0.4, 0.5) is 0 Å². The van der Waals surface area contributed by atoms with Crippen LogP contribution in [-0.4, -0.2) is 24.5 Å². The summed E-state index contributed by atoms with van der Waals surface area (Å²) in [5, 5.41) is 7.84. The molecular weight excluding hydrogens is 448 g/mol. The normalized spacial score (nSPS) is 16.7. The summed E-state index contributed by atoms with van der Waals surface area (Å²) in [4.78, 5) is 27.2. The minimum Gasteiger partial charge on any atom is -0.497 e. The summed E-state index contributed by atoms with van der Waals surface area (Å²) in [6.07, 6.45) is 2.30. The maximum atomic E-state index is 13.4. The van der Waals surface area contributed by atoms with Crippen molar-refractivity contribution < 1.29 is 19.1 Å². The fraction of sp³-hybridized carbons (Fsp3) is 0.259. The summed E-state index contributed by atoms with van der Waals surface area (Å²) in [5.74, 6) is 0.695. The van der Waals surface area contributed by atoms with Crippen LogP contribution in [0, 0.1) is 6.92 Å². The van der Waals surface area contributed by atoms with Gasteiger partial charge in [-0.2, -0.15) is 0 Å². The number of methoxy groups -OCH3 is 1. The second-order valence-corrected chi connectivity index (χ2v) is 9.87. The number of amides is 2. The molecule has 3 aromatic rings. The third kappa shape index (κ3) is 5.48. The molecule has 0 spiro atoms. The number of hydrogen-bond donors (Lipinski definition) is 2. The number of aryl methyl sites for hydroxylation is 1. The van der Waals surface area contributed by atoms with E-state index in [-0.39, 0.29) is 23.6 Å². The van der Waals surface area contributed by atoms with Crippen LogP contribution < -0.4 is 20.1 Å². The highest BCUT2D eigenvalue weighted by Gasteiger charge is 2.35. The third-order valence-corrected chi connectivity index (χ3v) is 6.43. The summed E-state index contributed by atoms with van der Waals surface area (Å²) in [5.41, 5.74) is 2.18. The van der Waals surface area contributed by atoms with Crippen molar-refractivity contribution in [3.8, 4) is 11.5 Å². The lowest BCUT2D eigenvalue weighted by Gasteiger charge is -2.38. The first-order valence-corrected chi connectivity index (χ1v) is 11.9. The van der Waals surface area contributed by atoms with Crippen molar-refractivity contribution in [2.24, 2.45) is 0 Å². The van der Waals surface area contributed by atoms with Gasteiger partial charge in [-0.15, -0.1) is 11.3 Å². The van der Waals surface area contributed by atoms with Gasteiger partial charge in [-0.3, -0.25) is 9.59 Å². The van der Waals surface area contributed by atoms with Crippen LogP contribution in [0.5, 0.6) is 11.5 Å². The Hall–Kier alpha value is -3.58. The molecule has 6 nitrogen and oxygen atoms in total. The molecule has 1 aliphatic rings. The zero-order chi connectivity index (χ0) is 24.3. The van der Waals surface area contributed by atoms with Crippen molar-refractivity contribution in [1.29, 1.82) is 0 Å².